The molecule has 1 unspecified atom stereocenters. The van der Waals surface area contributed by atoms with E-state index in [1.807, 2.05) is 4.90 Å². The number of nitrogens with two attached hydrogens (primary N) is 1. The Bertz CT molecular complexity index is 400. The summed E-state index contributed by atoms with van der Waals surface area (Å²) in [4.78, 5) is 18.1. The van der Waals surface area contributed by atoms with Crippen LogP contribution in [0.1, 0.15) is 36.4 Å². The highest BCUT2D eigenvalue weighted by molar-refractivity contribution is 7.09. The number of rotatable bonds is 3. The first-order chi connectivity index (χ1) is 8.24. The molecule has 2 rings (SSSR count). The molecule has 110 valence electrons. The first kappa shape index (κ1) is 18.6. The fourth-order valence-corrected chi connectivity index (χ4v) is 3.24. The van der Waals surface area contributed by atoms with Crippen molar-refractivity contribution in [2.45, 2.75) is 32.1 Å². The molecule has 7 heteroatoms. The number of carbonyl (C=O) groups excluding carboxylic acids is 1. The van der Waals surface area contributed by atoms with Gasteiger partial charge in [-0.25, -0.2) is 4.98 Å². The summed E-state index contributed by atoms with van der Waals surface area (Å²) in [6, 6.07) is 0. The fraction of sp³-hybridized carbons (Fsp3) is 0.667. The van der Waals surface area contributed by atoms with Gasteiger partial charge >= 0.3 is 0 Å². The summed E-state index contributed by atoms with van der Waals surface area (Å²) >= 11 is 1.72. The highest BCUT2D eigenvalue weighted by Gasteiger charge is 2.25. The van der Waals surface area contributed by atoms with Crippen LogP contribution >= 0.6 is 36.2 Å². The molecule has 1 amide bonds. The third-order valence-electron chi connectivity index (χ3n) is 3.23. The van der Waals surface area contributed by atoms with Crippen LogP contribution in [0.15, 0.2) is 5.38 Å². The van der Waals surface area contributed by atoms with E-state index < -0.39 is 0 Å². The van der Waals surface area contributed by atoms with Crippen molar-refractivity contribution < 1.29 is 4.79 Å². The average Bonchev–Trinajstić information content (AvgIpc) is 2.86. The molecule has 2 N–H and O–H groups in total. The summed E-state index contributed by atoms with van der Waals surface area (Å²) < 4.78 is 0. The minimum atomic E-state index is 0. The Kier molecular flexibility index (Phi) is 8.57. The number of halogens is 2. The van der Waals surface area contributed by atoms with Crippen molar-refractivity contribution in [3.05, 3.63) is 16.1 Å². The SMILES string of the molecule is CCc1csc(C2CCCN(C(=O)CN)C2)n1.Cl.Cl. The molecule has 1 aliphatic rings. The maximum atomic E-state index is 11.6. The van der Waals surface area contributed by atoms with E-state index in [9.17, 15) is 4.79 Å². The Morgan fingerprint density at radius 3 is 2.89 bits per heavy atom. The molecular formula is C12H21Cl2N3OS. The van der Waals surface area contributed by atoms with Crippen molar-refractivity contribution in [2.75, 3.05) is 19.6 Å². The monoisotopic (exact) mass is 325 g/mol. The minimum absolute atomic E-state index is 0. The number of nitrogens with zero attached hydrogens (tertiary/aromatic N) is 2. The number of thiazole rings is 1. The highest BCUT2D eigenvalue weighted by Crippen LogP contribution is 2.29. The Morgan fingerprint density at radius 2 is 2.32 bits per heavy atom. The van der Waals surface area contributed by atoms with Crippen LogP contribution in [0.3, 0.4) is 0 Å². The second-order valence-electron chi connectivity index (χ2n) is 4.41. The molecular weight excluding hydrogens is 305 g/mol. The van der Waals surface area contributed by atoms with Crippen LogP contribution in [0.2, 0.25) is 0 Å². The van der Waals surface area contributed by atoms with Gasteiger partial charge in [0.1, 0.15) is 0 Å². The summed E-state index contributed by atoms with van der Waals surface area (Å²) in [5.41, 5.74) is 6.57. The molecule has 0 spiro atoms. The Morgan fingerprint density at radius 1 is 1.58 bits per heavy atom. The van der Waals surface area contributed by atoms with Crippen molar-refractivity contribution >= 4 is 42.1 Å². The molecule has 1 aromatic heterocycles. The van der Waals surface area contributed by atoms with Gasteiger partial charge in [0, 0.05) is 24.4 Å². The topological polar surface area (TPSA) is 59.2 Å². The van der Waals surface area contributed by atoms with Gasteiger partial charge in [0.15, 0.2) is 0 Å². The maximum Gasteiger partial charge on any atom is 0.236 e. The zero-order valence-corrected chi connectivity index (χ0v) is 13.5. The zero-order chi connectivity index (χ0) is 12.3. The molecule has 1 atom stereocenters. The molecule has 1 saturated heterocycles. The summed E-state index contributed by atoms with van der Waals surface area (Å²) in [5.74, 6) is 0.464. The molecule has 0 radical (unpaired) electrons. The summed E-state index contributed by atoms with van der Waals surface area (Å²) in [6.45, 7) is 3.86. The second kappa shape index (κ2) is 8.74. The van der Waals surface area contributed by atoms with Crippen molar-refractivity contribution in [1.29, 1.82) is 0 Å². The third-order valence-corrected chi connectivity index (χ3v) is 4.29. The second-order valence-corrected chi connectivity index (χ2v) is 5.30. The standard InChI is InChI=1S/C12H19N3OS.2ClH/c1-2-10-8-17-12(14-10)9-4-3-5-15(7-9)11(16)6-13;;/h8-9H,2-7,13H2,1H3;2*1H. The third kappa shape index (κ3) is 4.60. The van der Waals surface area contributed by atoms with E-state index in [4.69, 9.17) is 5.73 Å². The predicted molar refractivity (Wildman–Crippen MR) is 83.6 cm³/mol. The summed E-state index contributed by atoms with van der Waals surface area (Å²) in [7, 11) is 0. The molecule has 1 aromatic rings. The van der Waals surface area contributed by atoms with E-state index in [-0.39, 0.29) is 37.3 Å². The largest absolute Gasteiger partial charge is 0.341 e. The smallest absolute Gasteiger partial charge is 0.236 e. The van der Waals surface area contributed by atoms with E-state index in [1.165, 1.54) is 5.01 Å². The molecule has 0 bridgehead atoms. The van der Waals surface area contributed by atoms with Crippen molar-refractivity contribution in [1.82, 2.24) is 9.88 Å². The Hall–Kier alpha value is -0.360. The van der Waals surface area contributed by atoms with Gasteiger partial charge in [0.2, 0.25) is 5.91 Å². The van der Waals surface area contributed by atoms with Gasteiger partial charge in [-0.05, 0) is 19.3 Å². The van der Waals surface area contributed by atoms with Gasteiger partial charge in [0.25, 0.3) is 0 Å². The normalized spacial score (nSPS) is 18.4. The molecule has 0 saturated carbocycles. The maximum absolute atomic E-state index is 11.6. The van der Waals surface area contributed by atoms with Crippen molar-refractivity contribution in [2.24, 2.45) is 5.73 Å². The van der Waals surface area contributed by atoms with Gasteiger partial charge in [0.05, 0.1) is 17.2 Å². The first-order valence-electron chi connectivity index (χ1n) is 6.16. The summed E-state index contributed by atoms with van der Waals surface area (Å²) in [5, 5.41) is 3.30. The molecule has 2 heterocycles. The lowest BCUT2D eigenvalue weighted by atomic mass is 9.98. The zero-order valence-electron chi connectivity index (χ0n) is 11.0. The van der Waals surface area contributed by atoms with Gasteiger partial charge in [-0.3, -0.25) is 4.79 Å². The molecule has 4 nitrogen and oxygen atoms in total. The number of piperidine rings is 1. The van der Waals surface area contributed by atoms with Crippen LogP contribution < -0.4 is 5.73 Å². The highest BCUT2D eigenvalue weighted by atomic mass is 35.5. The lowest BCUT2D eigenvalue weighted by Gasteiger charge is -2.31. The number of amides is 1. The molecule has 0 aliphatic carbocycles. The van der Waals surface area contributed by atoms with Gasteiger partial charge in [-0.1, -0.05) is 6.92 Å². The van der Waals surface area contributed by atoms with E-state index in [2.05, 4.69) is 17.3 Å². The lowest BCUT2D eigenvalue weighted by Crippen LogP contribution is -2.42. The molecule has 1 aliphatic heterocycles. The van der Waals surface area contributed by atoms with Gasteiger partial charge in [-0.2, -0.15) is 0 Å². The van der Waals surface area contributed by atoms with Crippen LogP contribution in [-0.4, -0.2) is 35.4 Å². The number of aromatic nitrogens is 1. The minimum Gasteiger partial charge on any atom is -0.341 e. The number of hydrogen-bond acceptors (Lipinski definition) is 4. The van der Waals surface area contributed by atoms with E-state index in [0.717, 1.165) is 38.0 Å². The molecule has 1 fully saturated rings. The molecule has 0 aromatic carbocycles. The van der Waals surface area contributed by atoms with E-state index in [0.29, 0.717) is 5.92 Å². The first-order valence-corrected chi connectivity index (χ1v) is 7.04. The lowest BCUT2D eigenvalue weighted by molar-refractivity contribution is -0.130. The average molecular weight is 326 g/mol. The van der Waals surface area contributed by atoms with Crippen molar-refractivity contribution in [3.63, 3.8) is 0 Å². The number of hydrogen-bond donors (Lipinski definition) is 1. The van der Waals surface area contributed by atoms with Crippen molar-refractivity contribution in [3.8, 4) is 0 Å². The van der Waals surface area contributed by atoms with Crippen LogP contribution in [-0.2, 0) is 11.2 Å². The van der Waals surface area contributed by atoms with Gasteiger partial charge in [-0.15, -0.1) is 36.2 Å². The number of carbonyl (C=O) groups is 1. The van der Waals surface area contributed by atoms with Crippen LogP contribution in [0.5, 0.6) is 0 Å². The van der Waals surface area contributed by atoms with E-state index >= 15 is 0 Å². The van der Waals surface area contributed by atoms with Crippen LogP contribution in [0.4, 0.5) is 0 Å². The van der Waals surface area contributed by atoms with E-state index in [1.54, 1.807) is 11.3 Å². The number of likely N-dealkylation sites (tertiary alicyclic amines) is 1. The Balaban J connectivity index is 0.00000162. The summed E-state index contributed by atoms with van der Waals surface area (Å²) in [6.07, 6.45) is 3.16. The molecule has 19 heavy (non-hydrogen) atoms. The predicted octanol–water partition coefficient (Wildman–Crippen LogP) is 2.21. The van der Waals surface area contributed by atoms with Gasteiger partial charge < -0.3 is 10.6 Å². The Labute approximate surface area is 130 Å². The van der Waals surface area contributed by atoms with Crippen LogP contribution in [0, 0.1) is 0 Å². The van der Waals surface area contributed by atoms with Crippen LogP contribution in [0.25, 0.3) is 0 Å². The fourth-order valence-electron chi connectivity index (χ4n) is 2.21. The number of aryl methyl sites for hydroxylation is 1. The quantitative estimate of drug-likeness (QED) is 0.926.